The summed E-state index contributed by atoms with van der Waals surface area (Å²) in [6.07, 6.45) is 0. The molecule has 1 atom stereocenters. The number of allylic oxidation sites excluding steroid dienone is 1. The van der Waals surface area contributed by atoms with Crippen LogP contribution in [0.1, 0.15) is 25.3 Å². The van der Waals surface area contributed by atoms with E-state index in [9.17, 15) is 19.6 Å². The summed E-state index contributed by atoms with van der Waals surface area (Å²) in [6, 6.07) is 16.1. The van der Waals surface area contributed by atoms with Gasteiger partial charge >= 0.3 is 11.9 Å². The van der Waals surface area contributed by atoms with E-state index in [0.29, 0.717) is 48.1 Å². The first-order valence-corrected chi connectivity index (χ1v) is 13.5. The van der Waals surface area contributed by atoms with Gasteiger partial charge in [-0.1, -0.05) is 61.8 Å². The molecule has 2 aliphatic rings. The van der Waals surface area contributed by atoms with Gasteiger partial charge in [0, 0.05) is 32.1 Å². The van der Waals surface area contributed by atoms with Crippen molar-refractivity contribution in [2.24, 2.45) is 11.7 Å². The van der Waals surface area contributed by atoms with Gasteiger partial charge in [0.15, 0.2) is 0 Å². The van der Waals surface area contributed by atoms with E-state index in [2.05, 4.69) is 6.07 Å². The number of benzene rings is 2. The average Bonchev–Trinajstić information content (AvgIpc) is 2.99. The second-order valence-electron chi connectivity index (χ2n) is 9.91. The predicted molar refractivity (Wildman–Crippen MR) is 155 cm³/mol. The molecule has 0 aliphatic carbocycles. The molecular formula is C30H32ClN5O5. The lowest BCUT2D eigenvalue weighted by molar-refractivity contribution is -0.139. The Morgan fingerprint density at radius 2 is 1.61 bits per heavy atom. The van der Waals surface area contributed by atoms with Crippen LogP contribution in [0.15, 0.2) is 71.2 Å². The second-order valence-corrected chi connectivity index (χ2v) is 10.3. The minimum Gasteiger partial charge on any atom is -0.466 e. The number of piperazine rings is 1. The standard InChI is InChI=1S/C30H32ClN5O5/c1-18(2)28(37)35-15-13-34(14-16-35)25-21(31)11-8-12-22(25)36-26(30(39)41-4)24(29(38)40-3)23(20(17-32)27(36)33)19-9-6-5-7-10-19/h5-12,18,23H,13-16,33H2,1-4H3. The van der Waals surface area contributed by atoms with Crippen LogP contribution in [-0.4, -0.2) is 63.1 Å². The van der Waals surface area contributed by atoms with Crippen LogP contribution < -0.4 is 15.5 Å². The third-order valence-corrected chi connectivity index (χ3v) is 7.52. The zero-order chi connectivity index (χ0) is 29.8. The van der Waals surface area contributed by atoms with E-state index >= 15 is 0 Å². The summed E-state index contributed by atoms with van der Waals surface area (Å²) >= 11 is 6.77. The largest absolute Gasteiger partial charge is 0.466 e. The molecule has 0 radical (unpaired) electrons. The minimum atomic E-state index is -0.979. The van der Waals surface area contributed by atoms with Crippen molar-refractivity contribution < 1.29 is 23.9 Å². The summed E-state index contributed by atoms with van der Waals surface area (Å²) in [7, 11) is 2.40. The Hall–Kier alpha value is -4.49. The first-order valence-electron chi connectivity index (χ1n) is 13.1. The van der Waals surface area contributed by atoms with Gasteiger partial charge in [-0.05, 0) is 17.7 Å². The first-order chi connectivity index (χ1) is 19.7. The number of para-hydroxylation sites is 1. The first kappa shape index (κ1) is 29.5. The SMILES string of the molecule is COC(=O)C1=C(C(=O)OC)N(c2cccc(Cl)c2N2CCN(C(=O)C(C)C)CC2)C(N)=C(C#N)C1c1ccccc1. The maximum absolute atomic E-state index is 13.5. The van der Waals surface area contributed by atoms with Crippen molar-refractivity contribution in [2.45, 2.75) is 19.8 Å². The summed E-state index contributed by atoms with van der Waals surface area (Å²) in [4.78, 5) is 44.6. The van der Waals surface area contributed by atoms with Gasteiger partial charge in [0.2, 0.25) is 5.91 Å². The van der Waals surface area contributed by atoms with Crippen molar-refractivity contribution in [3.63, 3.8) is 0 Å². The predicted octanol–water partition coefficient (Wildman–Crippen LogP) is 3.54. The number of nitrogens with zero attached hydrogens (tertiary/aromatic N) is 4. The summed E-state index contributed by atoms with van der Waals surface area (Å²) in [5, 5.41) is 10.7. The molecule has 1 unspecified atom stereocenters. The third kappa shape index (κ3) is 5.45. The fraction of sp³-hybridized carbons (Fsp3) is 0.333. The molecule has 0 bridgehead atoms. The summed E-state index contributed by atoms with van der Waals surface area (Å²) in [5.41, 5.74) is 7.98. The van der Waals surface area contributed by atoms with E-state index in [-0.39, 0.29) is 34.5 Å². The van der Waals surface area contributed by atoms with E-state index in [1.807, 2.05) is 18.7 Å². The highest BCUT2D eigenvalue weighted by atomic mass is 35.5. The fourth-order valence-corrected chi connectivity index (χ4v) is 5.57. The molecule has 2 aromatic carbocycles. The molecule has 2 heterocycles. The topological polar surface area (TPSA) is 129 Å². The van der Waals surface area contributed by atoms with Crippen LogP contribution in [-0.2, 0) is 23.9 Å². The Labute approximate surface area is 244 Å². The van der Waals surface area contributed by atoms with E-state index in [0.717, 1.165) is 0 Å². The van der Waals surface area contributed by atoms with Crippen molar-refractivity contribution in [2.75, 3.05) is 50.2 Å². The van der Waals surface area contributed by atoms with E-state index in [1.165, 1.54) is 19.1 Å². The van der Waals surface area contributed by atoms with Crippen molar-refractivity contribution in [3.05, 3.63) is 81.8 Å². The number of esters is 2. The van der Waals surface area contributed by atoms with Gasteiger partial charge in [-0.3, -0.25) is 9.69 Å². The van der Waals surface area contributed by atoms with Crippen molar-refractivity contribution >= 4 is 40.8 Å². The van der Waals surface area contributed by atoms with Gasteiger partial charge in [-0.2, -0.15) is 5.26 Å². The summed E-state index contributed by atoms with van der Waals surface area (Å²) in [6.45, 7) is 5.60. The zero-order valence-corrected chi connectivity index (χ0v) is 24.1. The van der Waals surface area contributed by atoms with Gasteiger partial charge in [-0.25, -0.2) is 9.59 Å². The normalized spacial score (nSPS) is 17.5. The van der Waals surface area contributed by atoms with Gasteiger partial charge in [0.25, 0.3) is 0 Å². The molecule has 214 valence electrons. The summed E-state index contributed by atoms with van der Waals surface area (Å²) in [5.74, 6) is -2.74. The molecule has 41 heavy (non-hydrogen) atoms. The molecule has 2 N–H and O–H groups in total. The van der Waals surface area contributed by atoms with Gasteiger partial charge in [0.1, 0.15) is 11.5 Å². The number of methoxy groups -OCH3 is 2. The van der Waals surface area contributed by atoms with Crippen molar-refractivity contribution in [3.8, 4) is 6.07 Å². The van der Waals surface area contributed by atoms with Crippen LogP contribution in [0.25, 0.3) is 0 Å². The van der Waals surface area contributed by atoms with Crippen LogP contribution in [0.5, 0.6) is 0 Å². The lowest BCUT2D eigenvalue weighted by Gasteiger charge is -2.41. The van der Waals surface area contributed by atoms with Crippen LogP contribution in [0.4, 0.5) is 11.4 Å². The van der Waals surface area contributed by atoms with E-state index in [1.54, 1.807) is 53.4 Å². The molecule has 0 saturated carbocycles. The van der Waals surface area contributed by atoms with E-state index < -0.39 is 17.9 Å². The number of carbonyl (C=O) groups excluding carboxylic acids is 3. The number of nitriles is 1. The van der Waals surface area contributed by atoms with Gasteiger partial charge < -0.3 is 25.0 Å². The number of nitrogens with two attached hydrogens (primary N) is 1. The highest BCUT2D eigenvalue weighted by Gasteiger charge is 2.44. The highest BCUT2D eigenvalue weighted by Crippen LogP contribution is 2.47. The van der Waals surface area contributed by atoms with Gasteiger partial charge in [0.05, 0.1) is 53.8 Å². The maximum Gasteiger partial charge on any atom is 0.355 e. The maximum atomic E-state index is 13.5. The number of rotatable bonds is 6. The number of anilines is 2. The summed E-state index contributed by atoms with van der Waals surface area (Å²) < 4.78 is 10.3. The molecule has 11 heteroatoms. The Kier molecular flexibility index (Phi) is 8.89. The Bertz CT molecular complexity index is 1460. The van der Waals surface area contributed by atoms with Crippen LogP contribution in [0.3, 0.4) is 0 Å². The molecule has 10 nitrogen and oxygen atoms in total. The van der Waals surface area contributed by atoms with Crippen LogP contribution >= 0.6 is 11.6 Å². The van der Waals surface area contributed by atoms with Gasteiger partial charge in [-0.15, -0.1) is 0 Å². The molecular weight excluding hydrogens is 546 g/mol. The van der Waals surface area contributed by atoms with Crippen LogP contribution in [0.2, 0.25) is 5.02 Å². The number of halogens is 1. The molecule has 1 amide bonds. The smallest absolute Gasteiger partial charge is 0.355 e. The molecule has 2 aliphatic heterocycles. The van der Waals surface area contributed by atoms with Crippen LogP contribution in [0, 0.1) is 17.2 Å². The number of carbonyl (C=O) groups is 3. The molecule has 1 saturated heterocycles. The molecule has 4 rings (SSSR count). The highest BCUT2D eigenvalue weighted by molar-refractivity contribution is 6.34. The molecule has 1 fully saturated rings. The number of hydrogen-bond acceptors (Lipinski definition) is 9. The van der Waals surface area contributed by atoms with Crippen molar-refractivity contribution in [1.82, 2.24) is 4.90 Å². The van der Waals surface area contributed by atoms with E-state index in [4.69, 9.17) is 26.8 Å². The lowest BCUT2D eigenvalue weighted by atomic mass is 9.81. The van der Waals surface area contributed by atoms with Crippen molar-refractivity contribution in [1.29, 1.82) is 5.26 Å². The Morgan fingerprint density at radius 1 is 0.976 bits per heavy atom. The molecule has 0 spiro atoms. The zero-order valence-electron chi connectivity index (χ0n) is 23.4. The Balaban J connectivity index is 1.93. The lowest BCUT2D eigenvalue weighted by Crippen LogP contribution is -2.50. The fourth-order valence-electron chi connectivity index (χ4n) is 5.28. The number of amides is 1. The minimum absolute atomic E-state index is 0.0495. The molecule has 2 aromatic rings. The Morgan fingerprint density at radius 3 is 2.17 bits per heavy atom. The third-order valence-electron chi connectivity index (χ3n) is 7.22. The quantitative estimate of drug-likeness (QED) is 0.512. The average molecular weight is 578 g/mol. The second kappa shape index (κ2) is 12.4. The monoisotopic (exact) mass is 577 g/mol. The molecule has 0 aromatic heterocycles. The number of hydrogen-bond donors (Lipinski definition) is 1. The number of ether oxygens (including phenoxy) is 2.